The summed E-state index contributed by atoms with van der Waals surface area (Å²) in [5.74, 6) is 0. The fourth-order valence-electron chi connectivity index (χ4n) is 7.50. The molecule has 7 aromatic carbocycles. The van der Waals surface area contributed by atoms with Crippen LogP contribution in [-0.2, 0) is 0 Å². The van der Waals surface area contributed by atoms with E-state index >= 15 is 0 Å². The molecular formula is C45H25N5. The minimum atomic E-state index is 0.425. The van der Waals surface area contributed by atoms with E-state index in [0.29, 0.717) is 22.3 Å². The highest BCUT2D eigenvalue weighted by Crippen LogP contribution is 2.40. The molecule has 0 amide bonds. The van der Waals surface area contributed by atoms with Crippen molar-refractivity contribution in [3.63, 3.8) is 0 Å². The number of benzene rings is 7. The second-order valence-electron chi connectivity index (χ2n) is 12.3. The molecule has 5 nitrogen and oxygen atoms in total. The quantitative estimate of drug-likeness (QED) is 0.193. The van der Waals surface area contributed by atoms with Crippen molar-refractivity contribution < 1.29 is 0 Å². The van der Waals surface area contributed by atoms with Crippen LogP contribution in [0.1, 0.15) is 16.7 Å². The summed E-state index contributed by atoms with van der Waals surface area (Å²) in [7, 11) is 0. The lowest BCUT2D eigenvalue weighted by molar-refractivity contribution is 1.18. The summed E-state index contributed by atoms with van der Waals surface area (Å²) in [6.45, 7) is 0. The van der Waals surface area contributed by atoms with Gasteiger partial charge < -0.3 is 9.13 Å². The number of fused-ring (bicyclic) bond motifs is 6. The summed E-state index contributed by atoms with van der Waals surface area (Å²) < 4.78 is 4.44. The van der Waals surface area contributed by atoms with Crippen LogP contribution >= 0.6 is 0 Å². The van der Waals surface area contributed by atoms with Crippen molar-refractivity contribution in [3.8, 4) is 51.8 Å². The van der Waals surface area contributed by atoms with Crippen LogP contribution < -0.4 is 0 Å². The molecule has 0 N–H and O–H groups in total. The average Bonchev–Trinajstić information content (AvgIpc) is 3.70. The zero-order valence-corrected chi connectivity index (χ0v) is 26.7. The standard InChI is InChI=1S/C45H25N5/c46-26-29-20-21-44-39(22-29)38-15-4-6-17-41(38)49(44)34-11-9-10-30(25-34)45-32(27-47)23-31(24-33(45)28-48)35-12-1-5-16-40(35)50-42-18-7-2-13-36(42)37-14-3-8-19-43(37)50/h1-25H. The third-order valence-corrected chi connectivity index (χ3v) is 9.61. The van der Waals surface area contributed by atoms with Gasteiger partial charge in [-0.05, 0) is 77.9 Å². The van der Waals surface area contributed by atoms with Gasteiger partial charge in [-0.25, -0.2) is 0 Å². The van der Waals surface area contributed by atoms with Crippen molar-refractivity contribution in [3.05, 3.63) is 168 Å². The molecule has 0 saturated carbocycles. The monoisotopic (exact) mass is 635 g/mol. The largest absolute Gasteiger partial charge is 0.309 e. The molecule has 0 atom stereocenters. The average molecular weight is 636 g/mol. The first kappa shape index (κ1) is 28.8. The van der Waals surface area contributed by atoms with Crippen LogP contribution in [-0.4, -0.2) is 9.13 Å². The highest BCUT2D eigenvalue weighted by molar-refractivity contribution is 6.11. The topological polar surface area (TPSA) is 81.2 Å². The van der Waals surface area contributed by atoms with Crippen LogP contribution in [0.2, 0.25) is 0 Å². The van der Waals surface area contributed by atoms with E-state index in [1.54, 1.807) is 0 Å². The molecule has 0 saturated heterocycles. The van der Waals surface area contributed by atoms with E-state index in [1.807, 2.05) is 91.0 Å². The fourth-order valence-corrected chi connectivity index (χ4v) is 7.50. The lowest BCUT2D eigenvalue weighted by atomic mass is 9.90. The van der Waals surface area contributed by atoms with Gasteiger partial charge in [-0.3, -0.25) is 0 Å². The molecule has 0 radical (unpaired) electrons. The summed E-state index contributed by atoms with van der Waals surface area (Å²) in [6, 6.07) is 57.7. The Bertz CT molecular complexity index is 2880. The van der Waals surface area contributed by atoms with E-state index in [-0.39, 0.29) is 0 Å². The number of hydrogen-bond acceptors (Lipinski definition) is 3. The number of nitriles is 3. The van der Waals surface area contributed by atoms with E-state index in [4.69, 9.17) is 0 Å². The highest BCUT2D eigenvalue weighted by atomic mass is 15.0. The number of para-hydroxylation sites is 4. The molecule has 2 heterocycles. The first-order chi connectivity index (χ1) is 24.7. The Hall–Kier alpha value is -7.39. The molecule has 0 aliphatic carbocycles. The normalized spacial score (nSPS) is 11.1. The van der Waals surface area contributed by atoms with Crippen molar-refractivity contribution in [2.45, 2.75) is 0 Å². The molecule has 2 aromatic heterocycles. The molecule has 0 unspecified atom stereocenters. The van der Waals surface area contributed by atoms with Crippen LogP contribution in [0.25, 0.3) is 77.2 Å². The molecule has 0 aliphatic heterocycles. The molecule has 0 aliphatic rings. The molecule has 50 heavy (non-hydrogen) atoms. The third-order valence-electron chi connectivity index (χ3n) is 9.61. The Morgan fingerprint density at radius 3 is 1.60 bits per heavy atom. The lowest BCUT2D eigenvalue weighted by Gasteiger charge is -2.16. The molecule has 9 aromatic rings. The van der Waals surface area contributed by atoms with Crippen molar-refractivity contribution in [1.29, 1.82) is 15.8 Å². The Morgan fingerprint density at radius 2 is 0.960 bits per heavy atom. The molecule has 230 valence electrons. The molecule has 5 heteroatoms. The van der Waals surface area contributed by atoms with Crippen LogP contribution in [0, 0.1) is 34.0 Å². The van der Waals surface area contributed by atoms with E-state index in [0.717, 1.165) is 71.7 Å². The van der Waals surface area contributed by atoms with Crippen molar-refractivity contribution in [2.24, 2.45) is 0 Å². The van der Waals surface area contributed by atoms with Gasteiger partial charge in [0.1, 0.15) is 0 Å². The minimum Gasteiger partial charge on any atom is -0.309 e. The van der Waals surface area contributed by atoms with Gasteiger partial charge in [0.15, 0.2) is 0 Å². The van der Waals surface area contributed by atoms with Crippen molar-refractivity contribution >= 4 is 43.6 Å². The van der Waals surface area contributed by atoms with Crippen LogP contribution in [0.4, 0.5) is 0 Å². The Balaban J connectivity index is 1.23. The smallest absolute Gasteiger partial charge is 0.0998 e. The molecule has 0 fully saturated rings. The number of aromatic nitrogens is 2. The first-order valence-corrected chi connectivity index (χ1v) is 16.3. The third kappa shape index (κ3) is 4.31. The summed E-state index contributed by atoms with van der Waals surface area (Å²) in [4.78, 5) is 0. The Labute approximate surface area is 287 Å². The van der Waals surface area contributed by atoms with Gasteiger partial charge in [0.25, 0.3) is 0 Å². The van der Waals surface area contributed by atoms with Gasteiger partial charge >= 0.3 is 0 Å². The van der Waals surface area contributed by atoms with Crippen LogP contribution in [0.15, 0.2) is 152 Å². The van der Waals surface area contributed by atoms with Crippen LogP contribution in [0.3, 0.4) is 0 Å². The zero-order valence-electron chi connectivity index (χ0n) is 26.7. The molecular weight excluding hydrogens is 611 g/mol. The van der Waals surface area contributed by atoms with Gasteiger partial charge in [-0.2, -0.15) is 15.8 Å². The lowest BCUT2D eigenvalue weighted by Crippen LogP contribution is -1.99. The van der Waals surface area contributed by atoms with Crippen LogP contribution in [0.5, 0.6) is 0 Å². The number of rotatable bonds is 4. The predicted octanol–water partition coefficient (Wildman–Crippen LogP) is 10.8. The first-order valence-electron chi connectivity index (χ1n) is 16.3. The van der Waals surface area contributed by atoms with E-state index in [9.17, 15) is 15.8 Å². The minimum absolute atomic E-state index is 0.425. The van der Waals surface area contributed by atoms with Gasteiger partial charge in [-0.15, -0.1) is 0 Å². The van der Waals surface area contributed by atoms with Gasteiger partial charge in [0.2, 0.25) is 0 Å². The Morgan fingerprint density at radius 1 is 0.400 bits per heavy atom. The molecule has 9 rings (SSSR count). The van der Waals surface area contributed by atoms with E-state index < -0.39 is 0 Å². The van der Waals surface area contributed by atoms with Crippen molar-refractivity contribution in [2.75, 3.05) is 0 Å². The summed E-state index contributed by atoms with van der Waals surface area (Å²) in [5, 5.41) is 35.1. The summed E-state index contributed by atoms with van der Waals surface area (Å²) in [5.41, 5.74) is 10.6. The molecule has 0 spiro atoms. The van der Waals surface area contributed by atoms with Gasteiger partial charge in [0, 0.05) is 38.4 Å². The Kier molecular flexibility index (Phi) is 6.56. The highest BCUT2D eigenvalue weighted by Gasteiger charge is 2.20. The number of hydrogen-bond donors (Lipinski definition) is 0. The maximum absolute atomic E-state index is 10.6. The predicted molar refractivity (Wildman–Crippen MR) is 200 cm³/mol. The second-order valence-corrected chi connectivity index (χ2v) is 12.3. The SMILES string of the molecule is N#Cc1ccc2c(c1)c1ccccc1n2-c1cccc(-c2c(C#N)cc(-c3ccccc3-n3c4ccccc4c4ccccc43)cc2C#N)c1. The maximum Gasteiger partial charge on any atom is 0.0998 e. The van der Waals surface area contributed by atoms with Gasteiger partial charge in [0.05, 0.1) is 62.7 Å². The fraction of sp³-hybridized carbons (Fsp3) is 0. The molecule has 0 bridgehead atoms. The van der Waals surface area contributed by atoms with E-state index in [1.165, 1.54) is 0 Å². The number of nitrogens with zero attached hydrogens (tertiary/aromatic N) is 5. The van der Waals surface area contributed by atoms with Gasteiger partial charge in [-0.1, -0.05) is 84.9 Å². The summed E-state index contributed by atoms with van der Waals surface area (Å²) >= 11 is 0. The second kappa shape index (κ2) is 11.4. The zero-order chi connectivity index (χ0) is 33.8. The summed E-state index contributed by atoms with van der Waals surface area (Å²) in [6.07, 6.45) is 0. The van der Waals surface area contributed by atoms with E-state index in [2.05, 4.69) is 88.0 Å². The maximum atomic E-state index is 10.6. The van der Waals surface area contributed by atoms with Crippen molar-refractivity contribution in [1.82, 2.24) is 9.13 Å².